The van der Waals surface area contributed by atoms with Crippen molar-refractivity contribution in [3.8, 4) is 0 Å². The van der Waals surface area contributed by atoms with Crippen LogP contribution in [0.5, 0.6) is 0 Å². The molecule has 0 saturated carbocycles. The number of nitrogens with zero attached hydrogens (tertiary/aromatic N) is 1. The van der Waals surface area contributed by atoms with Crippen molar-refractivity contribution < 1.29 is 19.1 Å². The Morgan fingerprint density at radius 1 is 0.839 bits per heavy atom. The van der Waals surface area contributed by atoms with E-state index in [9.17, 15) is 14.4 Å². The quantitative estimate of drug-likeness (QED) is 0.747. The minimum atomic E-state index is -0.178. The van der Waals surface area contributed by atoms with E-state index in [2.05, 4.69) is 10.6 Å². The Morgan fingerprint density at radius 2 is 1.32 bits per heavy atom. The van der Waals surface area contributed by atoms with Crippen molar-refractivity contribution in [2.75, 3.05) is 13.1 Å². The summed E-state index contributed by atoms with van der Waals surface area (Å²) in [7, 11) is 0. The number of carbonyl (C=O) groups excluding carboxylic acids is 3. The molecule has 1 heterocycles. The third-order valence-corrected chi connectivity index (χ3v) is 5.12. The molecule has 31 heavy (non-hydrogen) atoms. The zero-order valence-electron chi connectivity index (χ0n) is 18.2. The van der Waals surface area contributed by atoms with E-state index in [0.717, 1.165) is 11.1 Å². The van der Waals surface area contributed by atoms with Gasteiger partial charge in [0, 0.05) is 44.2 Å². The summed E-state index contributed by atoms with van der Waals surface area (Å²) in [5.74, 6) is -0.275. The zero-order chi connectivity index (χ0) is 22.4. The smallest absolute Gasteiger partial charge is 0.254 e. The third-order valence-electron chi connectivity index (χ3n) is 5.12. The molecule has 1 saturated heterocycles. The molecule has 2 N–H and O–H groups in total. The largest absolute Gasteiger partial charge is 0.372 e. The van der Waals surface area contributed by atoms with Gasteiger partial charge in [0.05, 0.1) is 12.2 Å². The van der Waals surface area contributed by atoms with Gasteiger partial charge in [0.1, 0.15) is 0 Å². The summed E-state index contributed by atoms with van der Waals surface area (Å²) in [5, 5.41) is 5.61. The molecule has 0 spiro atoms. The van der Waals surface area contributed by atoms with Crippen LogP contribution in [0, 0.1) is 0 Å². The summed E-state index contributed by atoms with van der Waals surface area (Å²) in [6, 6.07) is 14.4. The van der Waals surface area contributed by atoms with E-state index in [1.807, 2.05) is 43.0 Å². The van der Waals surface area contributed by atoms with Gasteiger partial charge in [0.15, 0.2) is 0 Å². The number of rotatable bonds is 6. The molecule has 1 aliphatic heterocycles. The second-order valence-corrected chi connectivity index (χ2v) is 7.95. The molecular formula is C24H29N3O4. The van der Waals surface area contributed by atoms with Crippen molar-refractivity contribution in [1.82, 2.24) is 15.5 Å². The predicted molar refractivity (Wildman–Crippen MR) is 117 cm³/mol. The number of amides is 3. The van der Waals surface area contributed by atoms with Gasteiger partial charge in [0.2, 0.25) is 5.91 Å². The Bertz CT molecular complexity index is 915. The molecule has 164 valence electrons. The first kappa shape index (κ1) is 22.5. The highest BCUT2D eigenvalue weighted by Gasteiger charge is 2.26. The first-order valence-electron chi connectivity index (χ1n) is 10.5. The number of hydrogen-bond donors (Lipinski definition) is 2. The van der Waals surface area contributed by atoms with Gasteiger partial charge in [-0.05, 0) is 49.2 Å². The zero-order valence-corrected chi connectivity index (χ0v) is 18.2. The molecule has 1 aliphatic rings. The maximum Gasteiger partial charge on any atom is 0.254 e. The summed E-state index contributed by atoms with van der Waals surface area (Å²) in [5.41, 5.74) is 3.02. The fraction of sp³-hybridized carbons (Fsp3) is 0.375. The molecule has 2 unspecified atom stereocenters. The number of benzene rings is 2. The molecule has 2 atom stereocenters. The van der Waals surface area contributed by atoms with Crippen molar-refractivity contribution in [3.05, 3.63) is 70.8 Å². The predicted octanol–water partition coefficient (Wildman–Crippen LogP) is 2.50. The Hall–Kier alpha value is -3.19. The maximum absolute atomic E-state index is 12.7. The maximum atomic E-state index is 12.7. The average Bonchev–Trinajstić information content (AvgIpc) is 2.75. The summed E-state index contributed by atoms with van der Waals surface area (Å²) >= 11 is 0. The molecule has 3 amide bonds. The first-order valence-corrected chi connectivity index (χ1v) is 10.5. The number of hydrogen-bond acceptors (Lipinski definition) is 4. The molecule has 0 aliphatic carbocycles. The molecule has 2 aromatic carbocycles. The lowest BCUT2D eigenvalue weighted by atomic mass is 10.1. The van der Waals surface area contributed by atoms with Crippen LogP contribution in [-0.4, -0.2) is 47.9 Å². The number of nitrogens with one attached hydrogen (secondary N) is 2. The van der Waals surface area contributed by atoms with E-state index in [-0.39, 0.29) is 29.9 Å². The first-order chi connectivity index (χ1) is 14.8. The van der Waals surface area contributed by atoms with Gasteiger partial charge in [-0.1, -0.05) is 24.3 Å². The Balaban J connectivity index is 1.52. The van der Waals surface area contributed by atoms with Crippen molar-refractivity contribution in [2.45, 2.75) is 46.1 Å². The normalized spacial score (nSPS) is 18.4. The van der Waals surface area contributed by atoms with E-state index < -0.39 is 0 Å². The van der Waals surface area contributed by atoms with Crippen LogP contribution in [0.1, 0.15) is 52.6 Å². The molecule has 2 aromatic rings. The van der Waals surface area contributed by atoms with Gasteiger partial charge >= 0.3 is 0 Å². The van der Waals surface area contributed by atoms with Gasteiger partial charge < -0.3 is 20.3 Å². The topological polar surface area (TPSA) is 87.7 Å². The minimum Gasteiger partial charge on any atom is -0.372 e. The van der Waals surface area contributed by atoms with Crippen LogP contribution in [0.3, 0.4) is 0 Å². The van der Waals surface area contributed by atoms with Crippen LogP contribution >= 0.6 is 0 Å². The van der Waals surface area contributed by atoms with Crippen LogP contribution < -0.4 is 10.6 Å². The summed E-state index contributed by atoms with van der Waals surface area (Å²) < 4.78 is 5.69. The summed E-state index contributed by atoms with van der Waals surface area (Å²) in [6.45, 7) is 7.39. The van der Waals surface area contributed by atoms with E-state index in [1.165, 1.54) is 6.92 Å². The third kappa shape index (κ3) is 6.39. The van der Waals surface area contributed by atoms with Crippen molar-refractivity contribution in [3.63, 3.8) is 0 Å². The van der Waals surface area contributed by atoms with Crippen LogP contribution in [0.4, 0.5) is 0 Å². The monoisotopic (exact) mass is 423 g/mol. The Morgan fingerprint density at radius 3 is 1.84 bits per heavy atom. The number of carbonyl (C=O) groups is 3. The lowest BCUT2D eigenvalue weighted by molar-refractivity contribution is -0.119. The van der Waals surface area contributed by atoms with Crippen LogP contribution in [-0.2, 0) is 22.6 Å². The lowest BCUT2D eigenvalue weighted by Gasteiger charge is -2.35. The Labute approximate surface area is 182 Å². The van der Waals surface area contributed by atoms with Crippen LogP contribution in [0.15, 0.2) is 48.5 Å². The summed E-state index contributed by atoms with van der Waals surface area (Å²) in [6.07, 6.45) is 0.0586. The fourth-order valence-electron chi connectivity index (χ4n) is 3.58. The molecule has 7 nitrogen and oxygen atoms in total. The second kappa shape index (κ2) is 10.2. The molecule has 7 heteroatoms. The second-order valence-electron chi connectivity index (χ2n) is 7.95. The molecule has 0 aromatic heterocycles. The standard InChI is InChI=1S/C24H29N3O4/c1-16-14-27(15-17(2)31-16)24(30)22-10-6-20(7-11-22)13-26-23(29)21-8-4-19(5-9-21)12-25-18(3)28/h4-11,16-17H,12-15H2,1-3H3,(H,25,28)(H,26,29). The molecule has 3 rings (SSSR count). The van der Waals surface area contributed by atoms with Crippen molar-refractivity contribution in [1.29, 1.82) is 0 Å². The number of ether oxygens (including phenoxy) is 1. The van der Waals surface area contributed by atoms with Gasteiger partial charge in [-0.2, -0.15) is 0 Å². The van der Waals surface area contributed by atoms with Gasteiger partial charge in [-0.3, -0.25) is 14.4 Å². The molecule has 1 fully saturated rings. The lowest BCUT2D eigenvalue weighted by Crippen LogP contribution is -2.48. The molecular weight excluding hydrogens is 394 g/mol. The van der Waals surface area contributed by atoms with E-state index >= 15 is 0 Å². The molecule has 0 radical (unpaired) electrons. The van der Waals surface area contributed by atoms with E-state index in [1.54, 1.807) is 24.3 Å². The van der Waals surface area contributed by atoms with Crippen LogP contribution in [0.25, 0.3) is 0 Å². The SMILES string of the molecule is CC(=O)NCc1ccc(C(=O)NCc2ccc(C(=O)N3CC(C)OC(C)C3)cc2)cc1. The number of morpholine rings is 1. The van der Waals surface area contributed by atoms with Crippen LogP contribution in [0.2, 0.25) is 0 Å². The van der Waals surface area contributed by atoms with Gasteiger partial charge in [-0.25, -0.2) is 0 Å². The Kier molecular flexibility index (Phi) is 7.41. The van der Waals surface area contributed by atoms with Crippen molar-refractivity contribution >= 4 is 17.7 Å². The average molecular weight is 424 g/mol. The van der Waals surface area contributed by atoms with Crippen molar-refractivity contribution in [2.24, 2.45) is 0 Å². The van der Waals surface area contributed by atoms with E-state index in [0.29, 0.717) is 37.3 Å². The van der Waals surface area contributed by atoms with E-state index in [4.69, 9.17) is 4.74 Å². The van der Waals surface area contributed by atoms with Gasteiger partial charge in [-0.15, -0.1) is 0 Å². The minimum absolute atomic E-state index is 0.00284. The highest BCUT2D eigenvalue weighted by atomic mass is 16.5. The highest BCUT2D eigenvalue weighted by Crippen LogP contribution is 2.15. The fourth-order valence-corrected chi connectivity index (χ4v) is 3.58. The highest BCUT2D eigenvalue weighted by molar-refractivity contribution is 5.95. The molecule has 0 bridgehead atoms. The van der Waals surface area contributed by atoms with Gasteiger partial charge in [0.25, 0.3) is 11.8 Å². The summed E-state index contributed by atoms with van der Waals surface area (Å²) in [4.78, 5) is 37.9.